The van der Waals surface area contributed by atoms with Crippen LogP contribution >= 0.6 is 0 Å². The number of aromatic carboxylic acids is 1. The minimum Gasteiger partial charge on any atom is -0.477 e. The van der Waals surface area contributed by atoms with E-state index < -0.39 is 36.8 Å². The van der Waals surface area contributed by atoms with Crippen LogP contribution in [0.15, 0.2) is 6.20 Å². The third-order valence-corrected chi connectivity index (χ3v) is 6.77. The molecule has 1 aromatic heterocycles. The van der Waals surface area contributed by atoms with Crippen molar-refractivity contribution in [3.8, 4) is 0 Å². The molecule has 0 bridgehead atoms. The highest BCUT2D eigenvalue weighted by atomic mass is 32.2. The SMILES string of the molecule is Cn1ncc(C(=O)O)c1NS(=O)(=O)C1CCS(=O)(=O)C1. The summed E-state index contributed by atoms with van der Waals surface area (Å²) in [5.41, 5.74) is -0.295. The Hall–Kier alpha value is -1.62. The van der Waals surface area contributed by atoms with Crippen LogP contribution in [0.4, 0.5) is 5.82 Å². The van der Waals surface area contributed by atoms with Crippen molar-refractivity contribution < 1.29 is 26.7 Å². The van der Waals surface area contributed by atoms with Gasteiger partial charge in [0.05, 0.1) is 23.0 Å². The van der Waals surface area contributed by atoms with Crippen molar-refractivity contribution in [2.45, 2.75) is 11.7 Å². The molecule has 2 N–H and O–H groups in total. The summed E-state index contributed by atoms with van der Waals surface area (Å²) in [6, 6.07) is 0. The second-order valence-corrected chi connectivity index (χ2v) is 8.70. The predicted molar refractivity (Wildman–Crippen MR) is 69.8 cm³/mol. The van der Waals surface area contributed by atoms with Crippen LogP contribution < -0.4 is 4.72 Å². The number of sulfone groups is 1. The molecule has 9 nitrogen and oxygen atoms in total. The fraction of sp³-hybridized carbons (Fsp3) is 0.556. The molecule has 0 aromatic carbocycles. The zero-order valence-corrected chi connectivity index (χ0v) is 12.1. The highest BCUT2D eigenvalue weighted by Crippen LogP contribution is 2.23. The number of carbonyl (C=O) groups is 1. The van der Waals surface area contributed by atoms with E-state index in [1.165, 1.54) is 7.05 Å². The van der Waals surface area contributed by atoms with Gasteiger partial charge in [-0.3, -0.25) is 9.40 Å². The Morgan fingerprint density at radius 2 is 2.20 bits per heavy atom. The first-order chi connectivity index (χ1) is 9.12. The first-order valence-electron chi connectivity index (χ1n) is 5.60. The van der Waals surface area contributed by atoms with Gasteiger partial charge in [-0.05, 0) is 6.42 Å². The number of hydrogen-bond donors (Lipinski definition) is 2. The van der Waals surface area contributed by atoms with Crippen molar-refractivity contribution >= 4 is 31.6 Å². The summed E-state index contributed by atoms with van der Waals surface area (Å²) in [4.78, 5) is 11.0. The lowest BCUT2D eigenvalue weighted by atomic mass is 10.3. The van der Waals surface area contributed by atoms with Crippen LogP contribution in [0.2, 0.25) is 0 Å². The number of aromatic nitrogens is 2. The van der Waals surface area contributed by atoms with Crippen LogP contribution in [0.3, 0.4) is 0 Å². The van der Waals surface area contributed by atoms with Crippen LogP contribution in [0.5, 0.6) is 0 Å². The fourth-order valence-corrected chi connectivity index (χ4v) is 6.08. The van der Waals surface area contributed by atoms with Crippen LogP contribution in [0, 0.1) is 0 Å². The molecule has 2 heterocycles. The summed E-state index contributed by atoms with van der Waals surface area (Å²) in [5.74, 6) is -2.16. The Bertz CT molecular complexity index is 749. The molecule has 1 atom stereocenters. The molecule has 0 saturated carbocycles. The summed E-state index contributed by atoms with van der Waals surface area (Å²) in [7, 11) is -5.95. The molecule has 1 aliphatic heterocycles. The average Bonchev–Trinajstić information content (AvgIpc) is 2.83. The third kappa shape index (κ3) is 2.77. The fourth-order valence-electron chi connectivity index (χ4n) is 1.94. The van der Waals surface area contributed by atoms with Crippen LogP contribution in [0.1, 0.15) is 16.8 Å². The largest absolute Gasteiger partial charge is 0.477 e. The van der Waals surface area contributed by atoms with E-state index in [9.17, 15) is 21.6 Å². The molecule has 0 spiro atoms. The lowest BCUT2D eigenvalue weighted by Gasteiger charge is -2.13. The summed E-state index contributed by atoms with van der Waals surface area (Å²) >= 11 is 0. The Morgan fingerprint density at radius 1 is 1.55 bits per heavy atom. The monoisotopic (exact) mass is 323 g/mol. The van der Waals surface area contributed by atoms with Crippen molar-refractivity contribution in [3.05, 3.63) is 11.8 Å². The number of carboxylic acid groups (broad SMARTS) is 1. The number of sulfonamides is 1. The molecule has 0 radical (unpaired) electrons. The van der Waals surface area contributed by atoms with Gasteiger partial charge in [-0.25, -0.2) is 21.6 Å². The minimum absolute atomic E-state index is 0.00206. The smallest absolute Gasteiger partial charge is 0.341 e. The molecule has 0 aliphatic carbocycles. The predicted octanol–water partition coefficient (Wildman–Crippen LogP) is -0.953. The zero-order chi connectivity index (χ0) is 15.1. The lowest BCUT2D eigenvalue weighted by Crippen LogP contribution is -2.30. The van der Waals surface area contributed by atoms with Crippen LogP contribution in [-0.2, 0) is 26.9 Å². The van der Waals surface area contributed by atoms with Gasteiger partial charge in [-0.1, -0.05) is 0 Å². The number of anilines is 1. The van der Waals surface area contributed by atoms with Crippen molar-refractivity contribution in [2.75, 3.05) is 16.2 Å². The average molecular weight is 323 g/mol. The molecule has 11 heteroatoms. The van der Waals surface area contributed by atoms with Crippen molar-refractivity contribution in [1.82, 2.24) is 9.78 Å². The van der Waals surface area contributed by atoms with E-state index in [-0.39, 0.29) is 23.6 Å². The second kappa shape index (κ2) is 4.74. The van der Waals surface area contributed by atoms with Crippen molar-refractivity contribution in [1.29, 1.82) is 0 Å². The number of nitrogens with one attached hydrogen (secondary N) is 1. The molecule has 112 valence electrons. The molecule has 2 rings (SSSR count). The summed E-state index contributed by atoms with van der Waals surface area (Å²) in [5, 5.41) is 11.5. The maximum absolute atomic E-state index is 12.1. The van der Waals surface area contributed by atoms with Crippen molar-refractivity contribution in [3.63, 3.8) is 0 Å². The number of hydrogen-bond acceptors (Lipinski definition) is 6. The maximum atomic E-state index is 12.1. The molecule has 1 aliphatic rings. The molecule has 1 unspecified atom stereocenters. The molecule has 1 fully saturated rings. The Kier molecular flexibility index (Phi) is 3.50. The third-order valence-electron chi connectivity index (χ3n) is 3.04. The lowest BCUT2D eigenvalue weighted by molar-refractivity contribution is 0.0698. The van der Waals surface area contributed by atoms with Crippen LogP contribution in [0.25, 0.3) is 0 Å². The molecule has 20 heavy (non-hydrogen) atoms. The normalized spacial score (nSPS) is 21.8. The number of aryl methyl sites for hydroxylation is 1. The van der Waals surface area contributed by atoms with E-state index in [1.807, 2.05) is 0 Å². The number of carboxylic acids is 1. The molecule has 0 amide bonds. The Morgan fingerprint density at radius 3 is 2.70 bits per heavy atom. The van der Waals surface area contributed by atoms with Gasteiger partial charge in [0.25, 0.3) is 0 Å². The summed E-state index contributed by atoms with van der Waals surface area (Å²) < 4.78 is 50.1. The topological polar surface area (TPSA) is 135 Å². The molecular weight excluding hydrogens is 310 g/mol. The molecular formula is C9H13N3O6S2. The minimum atomic E-state index is -3.99. The standard InChI is InChI=1S/C9H13N3O6S2/c1-12-8(7(4-10-12)9(13)14)11-20(17,18)6-2-3-19(15,16)5-6/h4,6,11H,2-3,5H2,1H3,(H,13,14). The number of nitrogens with zero attached hydrogens (tertiary/aromatic N) is 2. The van der Waals surface area contributed by atoms with Gasteiger partial charge in [0, 0.05) is 7.05 Å². The van der Waals surface area contributed by atoms with Crippen LogP contribution in [-0.4, -0.2) is 54.4 Å². The van der Waals surface area contributed by atoms with Gasteiger partial charge in [0.1, 0.15) is 5.56 Å². The summed E-state index contributed by atoms with van der Waals surface area (Å²) in [6.45, 7) is 0. The quantitative estimate of drug-likeness (QED) is 0.729. The summed E-state index contributed by atoms with van der Waals surface area (Å²) in [6.07, 6.45) is 1.02. The second-order valence-electron chi connectivity index (χ2n) is 4.51. The Balaban J connectivity index is 2.30. The van der Waals surface area contributed by atoms with Gasteiger partial charge in [-0.2, -0.15) is 5.10 Å². The number of rotatable bonds is 4. The van der Waals surface area contributed by atoms with E-state index in [2.05, 4.69) is 9.82 Å². The maximum Gasteiger partial charge on any atom is 0.341 e. The Labute approximate surface area is 115 Å². The van der Waals surface area contributed by atoms with Gasteiger partial charge < -0.3 is 5.11 Å². The highest BCUT2D eigenvalue weighted by Gasteiger charge is 2.38. The van der Waals surface area contributed by atoms with Gasteiger partial charge in [0.15, 0.2) is 15.7 Å². The van der Waals surface area contributed by atoms with Gasteiger partial charge >= 0.3 is 5.97 Å². The van der Waals surface area contributed by atoms with E-state index in [4.69, 9.17) is 5.11 Å². The van der Waals surface area contributed by atoms with E-state index in [0.29, 0.717) is 0 Å². The first kappa shape index (κ1) is 14.8. The highest BCUT2D eigenvalue weighted by molar-refractivity contribution is 7.97. The van der Waals surface area contributed by atoms with Gasteiger partial charge in [0.2, 0.25) is 10.0 Å². The van der Waals surface area contributed by atoms with E-state index in [1.54, 1.807) is 0 Å². The van der Waals surface area contributed by atoms with E-state index >= 15 is 0 Å². The first-order valence-corrected chi connectivity index (χ1v) is 8.96. The molecule has 1 aromatic rings. The van der Waals surface area contributed by atoms with Gasteiger partial charge in [-0.15, -0.1) is 0 Å². The van der Waals surface area contributed by atoms with Crippen molar-refractivity contribution in [2.24, 2.45) is 7.05 Å². The zero-order valence-electron chi connectivity index (χ0n) is 10.5. The molecule has 1 saturated heterocycles. The van der Waals surface area contributed by atoms with E-state index in [0.717, 1.165) is 10.9 Å².